The number of pyridine rings is 1. The van der Waals surface area contributed by atoms with Gasteiger partial charge >= 0.3 is 0 Å². The van der Waals surface area contributed by atoms with Crippen molar-refractivity contribution in [3.05, 3.63) is 66.0 Å². The SMILES string of the molecule is CC(=O)N1CC(O)(c2cccc(COc3ccc(-c4ccn[nH]4)nc3)c2)C1. The highest BCUT2D eigenvalue weighted by molar-refractivity contribution is 5.74. The molecule has 1 fully saturated rings. The second-order valence-corrected chi connectivity index (χ2v) is 6.75. The predicted octanol–water partition coefficient (Wildman–Crippen LogP) is 2.10. The number of nitrogens with one attached hydrogen (secondary N) is 1. The fourth-order valence-corrected chi connectivity index (χ4v) is 3.13. The van der Waals surface area contributed by atoms with Crippen LogP contribution in [0.25, 0.3) is 11.4 Å². The van der Waals surface area contributed by atoms with Crippen LogP contribution in [0.5, 0.6) is 5.75 Å². The summed E-state index contributed by atoms with van der Waals surface area (Å²) in [5, 5.41) is 17.5. The Bertz CT molecular complexity index is 932. The predicted molar refractivity (Wildman–Crippen MR) is 98.7 cm³/mol. The molecule has 0 bridgehead atoms. The zero-order valence-corrected chi connectivity index (χ0v) is 14.9. The molecule has 3 heterocycles. The molecule has 4 rings (SSSR count). The number of hydrogen-bond donors (Lipinski definition) is 2. The van der Waals surface area contributed by atoms with E-state index in [4.69, 9.17) is 4.74 Å². The van der Waals surface area contributed by atoms with Gasteiger partial charge in [0.1, 0.15) is 18.0 Å². The lowest BCUT2D eigenvalue weighted by molar-refractivity contribution is -0.154. The standard InChI is InChI=1S/C20H20N4O3/c1-14(25)24-12-20(26,13-24)16-4-2-3-15(9-16)11-27-17-5-6-18(21-10-17)19-7-8-22-23-19/h2-10,26H,11-13H2,1H3,(H,22,23). The molecule has 27 heavy (non-hydrogen) atoms. The number of rotatable bonds is 5. The van der Waals surface area contributed by atoms with Crippen LogP contribution >= 0.6 is 0 Å². The van der Waals surface area contributed by atoms with Crippen LogP contribution in [0.15, 0.2) is 54.9 Å². The van der Waals surface area contributed by atoms with Crippen LogP contribution in [0, 0.1) is 0 Å². The molecule has 1 aromatic carbocycles. The number of β-amino-alcohol motifs (C(OH)–C–C–N with tert-alkyl or cyclic N) is 1. The minimum atomic E-state index is -0.977. The van der Waals surface area contributed by atoms with Crippen molar-refractivity contribution in [2.24, 2.45) is 0 Å². The van der Waals surface area contributed by atoms with E-state index in [1.165, 1.54) is 6.92 Å². The fourth-order valence-electron chi connectivity index (χ4n) is 3.13. The van der Waals surface area contributed by atoms with E-state index in [0.29, 0.717) is 25.4 Å². The molecule has 0 aliphatic carbocycles. The molecule has 0 unspecified atom stereocenters. The molecule has 1 saturated heterocycles. The molecule has 1 aliphatic rings. The van der Waals surface area contributed by atoms with Gasteiger partial charge in [-0.1, -0.05) is 18.2 Å². The van der Waals surface area contributed by atoms with E-state index in [-0.39, 0.29) is 5.91 Å². The Balaban J connectivity index is 1.40. The average molecular weight is 364 g/mol. The summed E-state index contributed by atoms with van der Waals surface area (Å²) in [5.41, 5.74) is 2.41. The number of aromatic amines is 1. The maximum atomic E-state index is 11.4. The van der Waals surface area contributed by atoms with Crippen molar-refractivity contribution in [2.75, 3.05) is 13.1 Å². The quantitative estimate of drug-likeness (QED) is 0.723. The lowest BCUT2D eigenvalue weighted by Gasteiger charge is -2.46. The third-order valence-electron chi connectivity index (χ3n) is 4.73. The van der Waals surface area contributed by atoms with Crippen LogP contribution in [-0.4, -0.2) is 44.2 Å². The molecule has 2 N–H and O–H groups in total. The van der Waals surface area contributed by atoms with E-state index in [1.807, 2.05) is 42.5 Å². The van der Waals surface area contributed by atoms with E-state index in [1.54, 1.807) is 17.3 Å². The number of aliphatic hydroxyl groups is 1. The number of carbonyl (C=O) groups excluding carboxylic acids is 1. The van der Waals surface area contributed by atoms with Crippen molar-refractivity contribution in [3.8, 4) is 17.1 Å². The van der Waals surface area contributed by atoms with E-state index in [9.17, 15) is 9.90 Å². The molecular formula is C20H20N4O3. The summed E-state index contributed by atoms with van der Waals surface area (Å²) in [6.45, 7) is 2.53. The van der Waals surface area contributed by atoms with Gasteiger partial charge in [0.2, 0.25) is 5.91 Å². The topological polar surface area (TPSA) is 91.3 Å². The van der Waals surface area contributed by atoms with Crippen LogP contribution in [0.1, 0.15) is 18.1 Å². The summed E-state index contributed by atoms with van der Waals surface area (Å²) in [7, 11) is 0. The number of aromatic nitrogens is 3. The molecule has 2 aromatic heterocycles. The van der Waals surface area contributed by atoms with Gasteiger partial charge in [0, 0.05) is 13.1 Å². The maximum Gasteiger partial charge on any atom is 0.219 e. The van der Waals surface area contributed by atoms with Crippen LogP contribution in [0.4, 0.5) is 0 Å². The first kappa shape index (κ1) is 17.2. The van der Waals surface area contributed by atoms with E-state index < -0.39 is 5.60 Å². The van der Waals surface area contributed by atoms with Gasteiger partial charge in [-0.2, -0.15) is 5.10 Å². The number of carbonyl (C=O) groups is 1. The van der Waals surface area contributed by atoms with Gasteiger partial charge < -0.3 is 14.7 Å². The second-order valence-electron chi connectivity index (χ2n) is 6.75. The molecule has 138 valence electrons. The van der Waals surface area contributed by atoms with Crippen molar-refractivity contribution < 1.29 is 14.6 Å². The minimum Gasteiger partial charge on any atom is -0.487 e. The van der Waals surface area contributed by atoms with Crippen molar-refractivity contribution in [1.82, 2.24) is 20.1 Å². The van der Waals surface area contributed by atoms with E-state index >= 15 is 0 Å². The molecule has 0 radical (unpaired) electrons. The van der Waals surface area contributed by atoms with Crippen LogP contribution in [-0.2, 0) is 17.0 Å². The van der Waals surface area contributed by atoms with Crippen molar-refractivity contribution in [1.29, 1.82) is 0 Å². The second kappa shape index (κ2) is 6.85. The number of amides is 1. The van der Waals surface area contributed by atoms with Gasteiger partial charge in [-0.25, -0.2) is 0 Å². The highest BCUT2D eigenvalue weighted by atomic mass is 16.5. The molecule has 7 nitrogen and oxygen atoms in total. The Morgan fingerprint density at radius 3 is 2.81 bits per heavy atom. The molecule has 1 aliphatic heterocycles. The first-order chi connectivity index (χ1) is 13.0. The zero-order chi connectivity index (χ0) is 18.9. The fraction of sp³-hybridized carbons (Fsp3) is 0.250. The van der Waals surface area contributed by atoms with Gasteiger partial charge in [0.15, 0.2) is 0 Å². The lowest BCUT2D eigenvalue weighted by Crippen LogP contribution is -2.60. The third-order valence-corrected chi connectivity index (χ3v) is 4.73. The van der Waals surface area contributed by atoms with E-state index in [0.717, 1.165) is 22.5 Å². The minimum absolute atomic E-state index is 0.0229. The summed E-state index contributed by atoms with van der Waals surface area (Å²) in [6, 6.07) is 13.2. The Hall–Kier alpha value is -3.19. The van der Waals surface area contributed by atoms with Crippen molar-refractivity contribution in [2.45, 2.75) is 19.1 Å². The van der Waals surface area contributed by atoms with E-state index in [2.05, 4.69) is 15.2 Å². The highest BCUT2D eigenvalue weighted by Gasteiger charge is 2.43. The molecule has 3 aromatic rings. The Labute approximate surface area is 156 Å². The summed E-state index contributed by atoms with van der Waals surface area (Å²) in [6.07, 6.45) is 3.35. The number of likely N-dealkylation sites (tertiary alicyclic amines) is 1. The van der Waals surface area contributed by atoms with Gasteiger partial charge in [-0.3, -0.25) is 14.9 Å². The normalized spacial score (nSPS) is 15.3. The van der Waals surface area contributed by atoms with Crippen molar-refractivity contribution in [3.63, 3.8) is 0 Å². The summed E-state index contributed by atoms with van der Waals surface area (Å²) in [4.78, 5) is 17.3. The number of benzene rings is 1. The Morgan fingerprint density at radius 1 is 1.30 bits per heavy atom. The number of H-pyrrole nitrogens is 1. The molecule has 0 saturated carbocycles. The first-order valence-electron chi connectivity index (χ1n) is 8.69. The Morgan fingerprint density at radius 2 is 2.15 bits per heavy atom. The van der Waals surface area contributed by atoms with Crippen LogP contribution in [0.3, 0.4) is 0 Å². The number of ether oxygens (including phenoxy) is 1. The monoisotopic (exact) mass is 364 g/mol. The largest absolute Gasteiger partial charge is 0.487 e. The zero-order valence-electron chi connectivity index (χ0n) is 14.9. The molecule has 1 amide bonds. The van der Waals surface area contributed by atoms with Crippen molar-refractivity contribution >= 4 is 5.91 Å². The van der Waals surface area contributed by atoms with Crippen LogP contribution < -0.4 is 4.74 Å². The van der Waals surface area contributed by atoms with Gasteiger partial charge in [0.05, 0.1) is 30.7 Å². The number of hydrogen-bond acceptors (Lipinski definition) is 5. The van der Waals surface area contributed by atoms with Gasteiger partial charge in [0.25, 0.3) is 0 Å². The molecule has 0 atom stereocenters. The third kappa shape index (κ3) is 3.54. The first-order valence-corrected chi connectivity index (χ1v) is 8.69. The summed E-state index contributed by atoms with van der Waals surface area (Å²) < 4.78 is 5.81. The highest BCUT2D eigenvalue weighted by Crippen LogP contribution is 2.32. The van der Waals surface area contributed by atoms with Crippen LogP contribution in [0.2, 0.25) is 0 Å². The Kier molecular flexibility index (Phi) is 4.37. The van der Waals surface area contributed by atoms with Gasteiger partial charge in [-0.15, -0.1) is 0 Å². The molecule has 7 heteroatoms. The molecule has 0 spiro atoms. The maximum absolute atomic E-state index is 11.4. The van der Waals surface area contributed by atoms with Gasteiger partial charge in [-0.05, 0) is 35.4 Å². The molecular weight excluding hydrogens is 344 g/mol. The summed E-state index contributed by atoms with van der Waals surface area (Å²) >= 11 is 0. The smallest absolute Gasteiger partial charge is 0.219 e. The summed E-state index contributed by atoms with van der Waals surface area (Å²) in [5.74, 6) is 0.638. The number of nitrogens with zero attached hydrogens (tertiary/aromatic N) is 3. The lowest BCUT2D eigenvalue weighted by atomic mass is 9.85. The average Bonchev–Trinajstić information content (AvgIpc) is 3.19.